The molecule has 2 atom stereocenters. The Hall–Kier alpha value is -6.25. The lowest BCUT2D eigenvalue weighted by molar-refractivity contribution is -0.134. The number of nitrogens with zero attached hydrogens (tertiary/aromatic N) is 9. The Kier molecular flexibility index (Phi) is 12.3. The summed E-state index contributed by atoms with van der Waals surface area (Å²) < 4.78 is 46.2. The molecule has 0 saturated carbocycles. The van der Waals surface area contributed by atoms with Crippen LogP contribution in [0.15, 0.2) is 30.3 Å². The van der Waals surface area contributed by atoms with Crippen molar-refractivity contribution in [3.63, 3.8) is 0 Å². The van der Waals surface area contributed by atoms with E-state index in [0.29, 0.717) is 82.7 Å². The van der Waals surface area contributed by atoms with E-state index < -0.39 is 52.7 Å². The number of piperazine rings is 1. The van der Waals surface area contributed by atoms with Crippen LogP contribution >= 0.6 is 0 Å². The minimum Gasteiger partial charge on any atom is -0.369 e. The number of amides is 6. The molecule has 1 aromatic heterocycles. The van der Waals surface area contributed by atoms with Crippen molar-refractivity contribution in [3.05, 3.63) is 59.0 Å². The van der Waals surface area contributed by atoms with Crippen molar-refractivity contribution in [2.75, 3.05) is 99.1 Å². The van der Waals surface area contributed by atoms with E-state index in [1.165, 1.54) is 18.2 Å². The molecule has 330 valence electrons. The predicted molar refractivity (Wildman–Crippen MR) is 222 cm³/mol. The van der Waals surface area contributed by atoms with Gasteiger partial charge in [-0.1, -0.05) is 0 Å². The van der Waals surface area contributed by atoms with Crippen molar-refractivity contribution in [2.24, 2.45) is 11.7 Å². The Morgan fingerprint density at radius 3 is 2.27 bits per heavy atom. The van der Waals surface area contributed by atoms with Gasteiger partial charge in [0.1, 0.15) is 11.9 Å². The number of nitrogens with one attached hydrogen (secondary N) is 3. The number of nitrogens with two attached hydrogens (primary N) is 1. The number of aromatic nitrogens is 3. The molecule has 5 N–H and O–H groups in total. The summed E-state index contributed by atoms with van der Waals surface area (Å²) in [6, 6.07) is 6.28. The maximum Gasteiger partial charge on any atom is 0.320 e. The summed E-state index contributed by atoms with van der Waals surface area (Å²) in [5, 5.41) is 15.8. The summed E-state index contributed by atoms with van der Waals surface area (Å²) in [4.78, 5) is 77.2. The highest BCUT2D eigenvalue weighted by atomic mass is 19.2. The molecule has 2 aromatic carbocycles. The quantitative estimate of drug-likeness (QED) is 0.204. The molecule has 18 nitrogen and oxygen atoms in total. The molecule has 5 fully saturated rings. The number of imide groups is 1. The average Bonchev–Trinajstić information content (AvgIpc) is 3.60. The number of carbonyl (C=O) groups excluding carboxylic acids is 5. The van der Waals surface area contributed by atoms with Crippen LogP contribution in [0.1, 0.15) is 59.4 Å². The van der Waals surface area contributed by atoms with Crippen LogP contribution in [0.25, 0.3) is 0 Å². The molecule has 0 radical (unpaired) electrons. The van der Waals surface area contributed by atoms with E-state index in [1.54, 1.807) is 29.0 Å². The number of hydrogen-bond donors (Lipinski definition) is 4. The Morgan fingerprint density at radius 2 is 1.58 bits per heavy atom. The maximum absolute atomic E-state index is 15.7. The first-order chi connectivity index (χ1) is 29.8. The summed E-state index contributed by atoms with van der Waals surface area (Å²) in [7, 11) is 1.78. The third kappa shape index (κ3) is 9.02. The molecule has 5 saturated heterocycles. The van der Waals surface area contributed by atoms with Crippen LogP contribution in [0.3, 0.4) is 0 Å². The zero-order valence-electron chi connectivity index (χ0n) is 34.4. The summed E-state index contributed by atoms with van der Waals surface area (Å²) in [6.07, 6.45) is 3.27. The second-order valence-corrected chi connectivity index (χ2v) is 16.6. The normalized spacial score (nSPS) is 21.7. The lowest BCUT2D eigenvalue weighted by Crippen LogP contribution is -2.52. The molecule has 0 aliphatic carbocycles. The van der Waals surface area contributed by atoms with Gasteiger partial charge in [-0.2, -0.15) is 4.98 Å². The monoisotopic (exact) mass is 861 g/mol. The topological polar surface area (TPSA) is 206 Å². The Balaban J connectivity index is 0.821. The molecule has 5 aliphatic heterocycles. The zero-order chi connectivity index (χ0) is 43.7. The molecule has 3 aromatic rings. The van der Waals surface area contributed by atoms with Gasteiger partial charge in [-0.05, 0) is 68.4 Å². The maximum atomic E-state index is 15.7. The second kappa shape index (κ2) is 18.0. The molecule has 2 unspecified atom stereocenters. The molecule has 0 bridgehead atoms. The van der Waals surface area contributed by atoms with Gasteiger partial charge in [0.2, 0.25) is 17.8 Å². The highest BCUT2D eigenvalue weighted by Crippen LogP contribution is 2.31. The summed E-state index contributed by atoms with van der Waals surface area (Å²) in [5.41, 5.74) is 5.77. The van der Waals surface area contributed by atoms with E-state index in [0.717, 1.165) is 32.2 Å². The van der Waals surface area contributed by atoms with Gasteiger partial charge in [-0.3, -0.25) is 29.4 Å². The van der Waals surface area contributed by atoms with Gasteiger partial charge in [0.05, 0.1) is 23.0 Å². The molecule has 62 heavy (non-hydrogen) atoms. The Bertz CT molecular complexity index is 2240. The van der Waals surface area contributed by atoms with Crippen molar-refractivity contribution in [1.29, 1.82) is 0 Å². The Labute approximate surface area is 355 Å². The van der Waals surface area contributed by atoms with Crippen molar-refractivity contribution in [2.45, 2.75) is 50.6 Å². The third-order valence-corrected chi connectivity index (χ3v) is 12.5. The van der Waals surface area contributed by atoms with E-state index in [2.05, 4.69) is 36.0 Å². The summed E-state index contributed by atoms with van der Waals surface area (Å²) in [6.45, 7) is 6.88. The number of likely N-dealkylation sites (N-methyl/N-ethyl adjacent to an activating group) is 1. The lowest BCUT2D eigenvalue weighted by atomic mass is 9.95. The van der Waals surface area contributed by atoms with Gasteiger partial charge in [0, 0.05) is 91.1 Å². The molecular weight excluding hydrogens is 812 g/mol. The number of benzene rings is 2. The molecule has 8 rings (SSSR count). The van der Waals surface area contributed by atoms with Gasteiger partial charge in [-0.15, -0.1) is 10.2 Å². The molecule has 21 heteroatoms. The lowest BCUT2D eigenvalue weighted by Gasteiger charge is -2.40. The number of urea groups is 1. The summed E-state index contributed by atoms with van der Waals surface area (Å²) >= 11 is 0. The largest absolute Gasteiger partial charge is 0.369 e. The number of piperidine rings is 3. The van der Waals surface area contributed by atoms with Gasteiger partial charge in [0.15, 0.2) is 23.1 Å². The van der Waals surface area contributed by atoms with Crippen LogP contribution in [0.2, 0.25) is 0 Å². The van der Waals surface area contributed by atoms with Crippen LogP contribution in [0, 0.1) is 23.4 Å². The van der Waals surface area contributed by atoms with E-state index >= 15 is 13.2 Å². The van der Waals surface area contributed by atoms with Gasteiger partial charge in [0.25, 0.3) is 11.8 Å². The van der Waals surface area contributed by atoms with E-state index in [1.807, 2.05) is 14.7 Å². The number of primary amides is 1. The van der Waals surface area contributed by atoms with Crippen LogP contribution in [0.5, 0.6) is 0 Å². The van der Waals surface area contributed by atoms with E-state index in [9.17, 15) is 24.0 Å². The van der Waals surface area contributed by atoms with Crippen molar-refractivity contribution < 1.29 is 37.1 Å². The third-order valence-electron chi connectivity index (χ3n) is 12.5. The number of rotatable bonds is 11. The SMILES string of the molecule is CN1CCN(C2CCCN(c3nnc(C(N)=O)c(Nc4ccc(N5CCN(CC6CCN(c7ccc(C(=O)NC8CCC(=O)NC8=O)c(F)c7F)CC6)CC5)c(F)c4)n3)C2)C1=O. The van der Waals surface area contributed by atoms with Crippen LogP contribution in [-0.4, -0.2) is 151 Å². The number of hydrogen-bond acceptors (Lipinski definition) is 13. The molecule has 6 amide bonds. The molecular formula is C41H50F3N13O5. The van der Waals surface area contributed by atoms with Gasteiger partial charge < -0.3 is 40.9 Å². The highest BCUT2D eigenvalue weighted by molar-refractivity contribution is 6.04. The fourth-order valence-electron chi connectivity index (χ4n) is 9.00. The molecule has 0 spiro atoms. The first-order valence-corrected chi connectivity index (χ1v) is 21.1. The number of carbonyl (C=O) groups is 5. The zero-order valence-corrected chi connectivity index (χ0v) is 34.4. The van der Waals surface area contributed by atoms with Crippen LogP contribution in [-0.2, 0) is 9.59 Å². The van der Waals surface area contributed by atoms with Crippen molar-refractivity contribution >= 4 is 58.5 Å². The summed E-state index contributed by atoms with van der Waals surface area (Å²) in [5.74, 6) is -5.14. The van der Waals surface area contributed by atoms with Gasteiger partial charge >= 0.3 is 6.03 Å². The van der Waals surface area contributed by atoms with Crippen molar-refractivity contribution in [1.82, 2.24) is 40.5 Å². The predicted octanol–water partition coefficient (Wildman–Crippen LogP) is 2.04. The second-order valence-electron chi connectivity index (χ2n) is 16.6. The fourth-order valence-corrected chi connectivity index (χ4v) is 9.00. The first-order valence-electron chi connectivity index (χ1n) is 21.1. The molecule has 6 heterocycles. The minimum absolute atomic E-state index is 0.00848. The Morgan fingerprint density at radius 1 is 0.839 bits per heavy atom. The van der Waals surface area contributed by atoms with Crippen molar-refractivity contribution in [3.8, 4) is 0 Å². The highest BCUT2D eigenvalue weighted by Gasteiger charge is 2.36. The van der Waals surface area contributed by atoms with Gasteiger partial charge in [-0.25, -0.2) is 18.0 Å². The first kappa shape index (κ1) is 42.4. The number of anilines is 5. The standard InChI is InChI=1S/C41H50F3N13O5/c1-52-15-20-57(41(52)62)26-3-2-12-56(23-26)40-49-37(35(36(45)59)50-51-40)46-25-4-7-30(28(42)21-25)55-18-16-53(17-19-55)22-24-10-13-54(14-11-24)31-8-5-27(33(43)34(31)44)38(60)47-29-6-9-32(58)48-39(29)61/h4-5,7-8,21,24,26,29H,2-3,6,9-20,22-23H2,1H3,(H2,45,59)(H,47,60)(H,46,49,51)(H,48,58,61). The minimum atomic E-state index is -1.29. The molecule has 5 aliphatic rings. The van der Waals surface area contributed by atoms with E-state index in [-0.39, 0.29) is 48.1 Å². The van der Waals surface area contributed by atoms with Crippen LogP contribution in [0.4, 0.5) is 46.8 Å². The smallest absolute Gasteiger partial charge is 0.320 e. The fraction of sp³-hybridized carbons (Fsp3) is 0.512. The van der Waals surface area contributed by atoms with Crippen LogP contribution < -0.4 is 36.4 Å². The van der Waals surface area contributed by atoms with E-state index in [4.69, 9.17) is 5.73 Å². The average molecular weight is 862 g/mol. The number of halogens is 3.